The summed E-state index contributed by atoms with van der Waals surface area (Å²) in [6, 6.07) is 1.41. The van der Waals surface area contributed by atoms with Gasteiger partial charge < -0.3 is 5.73 Å². The van der Waals surface area contributed by atoms with Gasteiger partial charge in [0.25, 0.3) is 0 Å². The van der Waals surface area contributed by atoms with Gasteiger partial charge in [-0.1, -0.05) is 37.0 Å². The molecule has 1 unspecified atom stereocenters. The Hall–Kier alpha value is 0.440. The molecule has 0 saturated carbocycles. The normalized spacial score (nSPS) is 23.4. The van der Waals surface area contributed by atoms with Gasteiger partial charge in [0.15, 0.2) is 0 Å². The second kappa shape index (κ2) is 6.28. The topological polar surface area (TPSA) is 63.4 Å². The lowest BCUT2D eigenvalue weighted by Gasteiger charge is -2.41. The van der Waals surface area contributed by atoms with Gasteiger partial charge >= 0.3 is 0 Å². The number of thiophene rings is 1. The third kappa shape index (κ3) is 3.43. The zero-order valence-corrected chi connectivity index (χ0v) is 15.1. The van der Waals surface area contributed by atoms with E-state index in [4.69, 9.17) is 28.9 Å². The molecule has 1 fully saturated rings. The summed E-state index contributed by atoms with van der Waals surface area (Å²) in [5.41, 5.74) is 5.77. The highest BCUT2D eigenvalue weighted by Gasteiger charge is 2.39. The molecule has 0 amide bonds. The van der Waals surface area contributed by atoms with Crippen LogP contribution >= 0.6 is 46.9 Å². The summed E-state index contributed by atoms with van der Waals surface area (Å²) >= 11 is 12.8. The summed E-state index contributed by atoms with van der Waals surface area (Å²) in [7, 11) is -3.59. The Morgan fingerprint density at radius 3 is 2.50 bits per heavy atom. The Labute approximate surface area is 139 Å². The van der Waals surface area contributed by atoms with E-state index in [2.05, 4.69) is 0 Å². The van der Waals surface area contributed by atoms with Crippen LogP contribution in [0.2, 0.25) is 8.67 Å². The van der Waals surface area contributed by atoms with Crippen molar-refractivity contribution in [3.8, 4) is 0 Å². The summed E-state index contributed by atoms with van der Waals surface area (Å²) < 4.78 is 27.2. The van der Waals surface area contributed by atoms with E-state index >= 15 is 0 Å². The van der Waals surface area contributed by atoms with Crippen molar-refractivity contribution in [1.29, 1.82) is 0 Å². The van der Waals surface area contributed by atoms with Crippen molar-refractivity contribution in [1.82, 2.24) is 4.31 Å². The smallest absolute Gasteiger partial charge is 0.245 e. The molecule has 0 spiro atoms. The lowest BCUT2D eigenvalue weighted by Crippen LogP contribution is -2.53. The minimum atomic E-state index is -3.59. The molecule has 1 saturated heterocycles. The molecule has 0 aromatic carbocycles. The Balaban J connectivity index is 0.00000200. The molecule has 2 heterocycles. The van der Waals surface area contributed by atoms with Gasteiger partial charge in [-0.25, -0.2) is 8.42 Å². The fourth-order valence-electron chi connectivity index (χ4n) is 2.17. The lowest BCUT2D eigenvalue weighted by molar-refractivity contribution is 0.155. The van der Waals surface area contributed by atoms with E-state index in [1.54, 1.807) is 0 Å². The fraction of sp³-hybridized carbons (Fsp3) is 0.636. The maximum absolute atomic E-state index is 12.6. The summed E-state index contributed by atoms with van der Waals surface area (Å²) in [5.74, 6) is 0. The van der Waals surface area contributed by atoms with Gasteiger partial charge in [-0.2, -0.15) is 4.31 Å². The SMILES string of the molecule is CC1(C)CN(S(=O)(=O)c2cc(Cl)sc2Cl)CCC1N.Cl. The Kier molecular flexibility index (Phi) is 5.81. The van der Waals surface area contributed by atoms with E-state index in [9.17, 15) is 8.42 Å². The van der Waals surface area contributed by atoms with Gasteiger partial charge in [0.05, 0.1) is 4.34 Å². The van der Waals surface area contributed by atoms with Crippen LogP contribution in [0, 0.1) is 5.41 Å². The average Bonchev–Trinajstić information content (AvgIpc) is 2.62. The first-order valence-electron chi connectivity index (χ1n) is 5.85. The molecule has 0 radical (unpaired) electrons. The third-order valence-electron chi connectivity index (χ3n) is 3.52. The van der Waals surface area contributed by atoms with Crippen LogP contribution in [-0.4, -0.2) is 31.9 Å². The molecule has 4 nitrogen and oxygen atoms in total. The van der Waals surface area contributed by atoms with Crippen LogP contribution in [0.4, 0.5) is 0 Å². The molecular formula is C11H17Cl3N2O2S2. The van der Waals surface area contributed by atoms with Crippen molar-refractivity contribution in [2.75, 3.05) is 13.1 Å². The maximum atomic E-state index is 12.6. The number of halogens is 3. The maximum Gasteiger partial charge on any atom is 0.245 e. The summed E-state index contributed by atoms with van der Waals surface area (Å²) in [5, 5.41) is 0. The van der Waals surface area contributed by atoms with Crippen molar-refractivity contribution in [3.63, 3.8) is 0 Å². The zero-order valence-electron chi connectivity index (χ0n) is 11.1. The number of hydrogen-bond donors (Lipinski definition) is 1. The Bertz CT molecular complexity index is 586. The minimum absolute atomic E-state index is 0. The molecular weight excluding hydrogens is 363 g/mol. The number of sulfonamides is 1. The second-order valence-electron chi connectivity index (χ2n) is 5.41. The highest BCUT2D eigenvalue weighted by molar-refractivity contribution is 7.89. The van der Waals surface area contributed by atoms with Crippen molar-refractivity contribution < 1.29 is 8.42 Å². The molecule has 0 bridgehead atoms. The second-order valence-corrected chi connectivity index (χ2v) is 9.60. The molecule has 9 heteroatoms. The number of nitrogens with two attached hydrogens (primary N) is 1. The molecule has 0 aliphatic carbocycles. The monoisotopic (exact) mass is 378 g/mol. The van der Waals surface area contributed by atoms with E-state index in [-0.39, 0.29) is 33.1 Å². The fourth-order valence-corrected chi connectivity index (χ4v) is 5.91. The van der Waals surface area contributed by atoms with E-state index in [0.29, 0.717) is 23.8 Å². The molecule has 1 aromatic rings. The molecule has 1 atom stereocenters. The van der Waals surface area contributed by atoms with Crippen LogP contribution in [-0.2, 0) is 10.0 Å². The van der Waals surface area contributed by atoms with Gasteiger partial charge in [0.2, 0.25) is 10.0 Å². The van der Waals surface area contributed by atoms with E-state index in [1.807, 2.05) is 13.8 Å². The highest BCUT2D eigenvalue weighted by Crippen LogP contribution is 2.38. The van der Waals surface area contributed by atoms with Crippen LogP contribution in [0.25, 0.3) is 0 Å². The van der Waals surface area contributed by atoms with Gasteiger partial charge in [-0.15, -0.1) is 23.7 Å². The van der Waals surface area contributed by atoms with Crippen molar-refractivity contribution in [3.05, 3.63) is 14.7 Å². The third-order valence-corrected chi connectivity index (χ3v) is 7.12. The predicted molar refractivity (Wildman–Crippen MR) is 86.7 cm³/mol. The molecule has 20 heavy (non-hydrogen) atoms. The van der Waals surface area contributed by atoms with Crippen LogP contribution in [0.3, 0.4) is 0 Å². The first kappa shape index (κ1) is 18.5. The van der Waals surface area contributed by atoms with E-state index in [0.717, 1.165) is 11.3 Å². The average molecular weight is 380 g/mol. The predicted octanol–water partition coefficient (Wildman–Crippen LogP) is 3.22. The molecule has 2 rings (SSSR count). The van der Waals surface area contributed by atoms with Crippen LogP contribution in [0.5, 0.6) is 0 Å². The van der Waals surface area contributed by atoms with Crippen molar-refractivity contribution >= 4 is 57.0 Å². The molecule has 1 aliphatic rings. The molecule has 116 valence electrons. The molecule has 2 N–H and O–H groups in total. The minimum Gasteiger partial charge on any atom is -0.327 e. The van der Waals surface area contributed by atoms with Crippen LogP contribution in [0.15, 0.2) is 11.0 Å². The van der Waals surface area contributed by atoms with Gasteiger partial charge in [0, 0.05) is 19.1 Å². The number of piperidine rings is 1. The largest absolute Gasteiger partial charge is 0.327 e. The van der Waals surface area contributed by atoms with Gasteiger partial charge in [0.1, 0.15) is 9.23 Å². The molecule has 1 aromatic heterocycles. The lowest BCUT2D eigenvalue weighted by atomic mass is 9.81. The van der Waals surface area contributed by atoms with Crippen molar-refractivity contribution in [2.45, 2.75) is 31.2 Å². The number of nitrogens with zero attached hydrogens (tertiary/aromatic N) is 1. The molecule has 1 aliphatic heterocycles. The van der Waals surface area contributed by atoms with Gasteiger partial charge in [-0.05, 0) is 17.9 Å². The summed E-state index contributed by atoms with van der Waals surface area (Å²) in [6.07, 6.45) is 0.641. The Morgan fingerprint density at radius 2 is 2.05 bits per heavy atom. The summed E-state index contributed by atoms with van der Waals surface area (Å²) in [6.45, 7) is 4.75. The van der Waals surface area contributed by atoms with Crippen molar-refractivity contribution in [2.24, 2.45) is 11.1 Å². The van der Waals surface area contributed by atoms with Crippen LogP contribution in [0.1, 0.15) is 20.3 Å². The standard InChI is InChI=1S/C11H16Cl2N2O2S2.ClH/c1-11(2)6-15(4-3-8(11)14)19(16,17)7-5-9(12)18-10(7)13;/h5,8H,3-4,6,14H2,1-2H3;1H. The van der Waals surface area contributed by atoms with E-state index in [1.165, 1.54) is 10.4 Å². The van der Waals surface area contributed by atoms with Crippen LogP contribution < -0.4 is 5.73 Å². The number of rotatable bonds is 2. The summed E-state index contributed by atoms with van der Waals surface area (Å²) in [4.78, 5) is 0.0930. The van der Waals surface area contributed by atoms with Gasteiger partial charge in [-0.3, -0.25) is 0 Å². The first-order chi connectivity index (χ1) is 8.64. The first-order valence-corrected chi connectivity index (χ1v) is 8.86. The highest BCUT2D eigenvalue weighted by atomic mass is 35.5. The Morgan fingerprint density at radius 1 is 1.45 bits per heavy atom. The zero-order chi connectivity index (χ0) is 14.4. The van der Waals surface area contributed by atoms with E-state index < -0.39 is 10.0 Å². The number of hydrogen-bond acceptors (Lipinski definition) is 4. The quantitative estimate of drug-likeness (QED) is 0.858.